The van der Waals surface area contributed by atoms with Gasteiger partial charge < -0.3 is 4.42 Å². The second-order valence-corrected chi connectivity index (χ2v) is 9.39. The van der Waals surface area contributed by atoms with Gasteiger partial charge in [0.2, 0.25) is 0 Å². The molecular formula is C22H20N2O3S2. The molecular weight excluding hydrogens is 404 g/mol. The number of aromatic nitrogens is 2. The SMILES string of the molecule is CCc1ccc2c(CSc3nc4sc5c(c4c(=O)n3C)CCC5)cc(=O)oc2c1. The molecule has 29 heavy (non-hydrogen) atoms. The van der Waals surface area contributed by atoms with Gasteiger partial charge >= 0.3 is 5.63 Å². The van der Waals surface area contributed by atoms with Crippen LogP contribution in [0.1, 0.15) is 34.9 Å². The molecule has 0 atom stereocenters. The van der Waals surface area contributed by atoms with E-state index in [9.17, 15) is 9.59 Å². The average Bonchev–Trinajstić information content (AvgIpc) is 3.29. The summed E-state index contributed by atoms with van der Waals surface area (Å²) < 4.78 is 7.04. The van der Waals surface area contributed by atoms with E-state index < -0.39 is 0 Å². The van der Waals surface area contributed by atoms with Crippen LogP contribution in [-0.2, 0) is 32.1 Å². The van der Waals surface area contributed by atoms with E-state index in [1.54, 1.807) is 23.0 Å². The van der Waals surface area contributed by atoms with Crippen molar-refractivity contribution in [2.75, 3.05) is 0 Å². The second-order valence-electron chi connectivity index (χ2n) is 7.36. The molecule has 0 amide bonds. The van der Waals surface area contributed by atoms with E-state index in [0.717, 1.165) is 52.4 Å². The van der Waals surface area contributed by atoms with Gasteiger partial charge in [-0.3, -0.25) is 9.36 Å². The van der Waals surface area contributed by atoms with Gasteiger partial charge in [0.15, 0.2) is 5.16 Å². The zero-order valence-corrected chi connectivity index (χ0v) is 17.9. The summed E-state index contributed by atoms with van der Waals surface area (Å²) >= 11 is 3.13. The molecule has 0 saturated carbocycles. The molecule has 0 unspecified atom stereocenters. The zero-order valence-electron chi connectivity index (χ0n) is 16.3. The van der Waals surface area contributed by atoms with Crippen LogP contribution in [0.4, 0.5) is 0 Å². The predicted molar refractivity (Wildman–Crippen MR) is 118 cm³/mol. The van der Waals surface area contributed by atoms with Crippen LogP contribution in [0.2, 0.25) is 0 Å². The van der Waals surface area contributed by atoms with Gasteiger partial charge in [-0.1, -0.05) is 30.8 Å². The fourth-order valence-corrected chi connectivity index (χ4v) is 6.26. The van der Waals surface area contributed by atoms with Gasteiger partial charge in [-0.2, -0.15) is 0 Å². The Kier molecular flexibility index (Phi) is 4.59. The van der Waals surface area contributed by atoms with E-state index in [1.165, 1.54) is 28.3 Å². The van der Waals surface area contributed by atoms with Crippen LogP contribution in [-0.4, -0.2) is 9.55 Å². The van der Waals surface area contributed by atoms with Gasteiger partial charge in [0.25, 0.3) is 5.56 Å². The van der Waals surface area contributed by atoms with Crippen molar-refractivity contribution in [2.24, 2.45) is 7.05 Å². The van der Waals surface area contributed by atoms with E-state index in [0.29, 0.717) is 16.5 Å². The highest BCUT2D eigenvalue weighted by atomic mass is 32.2. The topological polar surface area (TPSA) is 65.1 Å². The van der Waals surface area contributed by atoms with Gasteiger partial charge in [-0.15, -0.1) is 11.3 Å². The minimum absolute atomic E-state index is 0.0296. The van der Waals surface area contributed by atoms with Crippen molar-refractivity contribution in [1.82, 2.24) is 9.55 Å². The summed E-state index contributed by atoms with van der Waals surface area (Å²) in [4.78, 5) is 32.0. The van der Waals surface area contributed by atoms with Crippen molar-refractivity contribution >= 4 is 44.3 Å². The highest BCUT2D eigenvalue weighted by molar-refractivity contribution is 7.98. The predicted octanol–water partition coefficient (Wildman–Crippen LogP) is 4.44. The quantitative estimate of drug-likeness (QED) is 0.275. The lowest BCUT2D eigenvalue weighted by atomic mass is 10.1. The third-order valence-electron chi connectivity index (χ3n) is 5.56. The number of rotatable bonds is 4. The van der Waals surface area contributed by atoms with Gasteiger partial charge in [0.05, 0.1) is 5.39 Å². The maximum Gasteiger partial charge on any atom is 0.336 e. The number of thiophene rings is 1. The van der Waals surface area contributed by atoms with E-state index in [-0.39, 0.29) is 11.2 Å². The van der Waals surface area contributed by atoms with Gasteiger partial charge in [0, 0.05) is 29.1 Å². The Hall–Kier alpha value is -2.38. The smallest absolute Gasteiger partial charge is 0.336 e. The van der Waals surface area contributed by atoms with Crippen molar-refractivity contribution in [3.63, 3.8) is 0 Å². The summed E-state index contributed by atoms with van der Waals surface area (Å²) in [6.45, 7) is 2.07. The molecule has 4 aromatic rings. The minimum Gasteiger partial charge on any atom is -0.423 e. The molecule has 148 valence electrons. The molecule has 0 N–H and O–H groups in total. The number of aryl methyl sites for hydroxylation is 3. The summed E-state index contributed by atoms with van der Waals surface area (Å²) in [6, 6.07) is 7.53. The summed E-state index contributed by atoms with van der Waals surface area (Å²) in [5.74, 6) is 0.546. The second kappa shape index (κ2) is 7.15. The fraction of sp³-hybridized carbons (Fsp3) is 0.318. The van der Waals surface area contributed by atoms with E-state index >= 15 is 0 Å². The Morgan fingerprint density at radius 1 is 1.24 bits per heavy atom. The molecule has 5 rings (SSSR count). The van der Waals surface area contributed by atoms with Crippen molar-refractivity contribution in [1.29, 1.82) is 0 Å². The molecule has 3 aromatic heterocycles. The number of hydrogen-bond acceptors (Lipinski definition) is 6. The molecule has 0 aliphatic heterocycles. The van der Waals surface area contributed by atoms with Crippen molar-refractivity contribution < 1.29 is 4.42 Å². The molecule has 0 bridgehead atoms. The molecule has 0 radical (unpaired) electrons. The molecule has 0 spiro atoms. The first kappa shape index (κ1) is 18.6. The Bertz CT molecular complexity index is 1380. The van der Waals surface area contributed by atoms with E-state index in [1.807, 2.05) is 12.1 Å². The lowest BCUT2D eigenvalue weighted by molar-refractivity contribution is 0.559. The van der Waals surface area contributed by atoms with Crippen LogP contribution in [0.25, 0.3) is 21.2 Å². The van der Waals surface area contributed by atoms with Crippen LogP contribution < -0.4 is 11.2 Å². The summed E-state index contributed by atoms with van der Waals surface area (Å²) in [6.07, 6.45) is 4.04. The van der Waals surface area contributed by atoms with Crippen LogP contribution in [0, 0.1) is 0 Å². The summed E-state index contributed by atoms with van der Waals surface area (Å²) in [7, 11) is 1.78. The van der Waals surface area contributed by atoms with Crippen LogP contribution in [0.15, 0.2) is 43.4 Å². The maximum atomic E-state index is 13.0. The van der Waals surface area contributed by atoms with Gasteiger partial charge in [-0.25, -0.2) is 9.78 Å². The number of nitrogens with zero attached hydrogens (tertiary/aromatic N) is 2. The molecule has 1 aromatic carbocycles. The molecule has 0 saturated heterocycles. The van der Waals surface area contributed by atoms with E-state index in [4.69, 9.17) is 9.40 Å². The van der Waals surface area contributed by atoms with Crippen LogP contribution >= 0.6 is 23.1 Å². The number of thioether (sulfide) groups is 1. The monoisotopic (exact) mass is 424 g/mol. The van der Waals surface area contributed by atoms with Crippen LogP contribution in [0.3, 0.4) is 0 Å². The molecule has 1 aliphatic carbocycles. The van der Waals surface area contributed by atoms with Gasteiger partial charge in [-0.05, 0) is 48.4 Å². The summed E-state index contributed by atoms with van der Waals surface area (Å²) in [5, 5.41) is 2.40. The van der Waals surface area contributed by atoms with Crippen LogP contribution in [0.5, 0.6) is 0 Å². The summed E-state index contributed by atoms with van der Waals surface area (Å²) in [5.41, 5.74) is 3.51. The fourth-order valence-electron chi connectivity index (χ4n) is 3.99. The molecule has 1 aliphatic rings. The van der Waals surface area contributed by atoms with Crippen molar-refractivity contribution in [3.8, 4) is 0 Å². The van der Waals surface area contributed by atoms with Crippen molar-refractivity contribution in [2.45, 2.75) is 43.5 Å². The standard InChI is InChI=1S/C22H20N2O3S2/c1-3-12-7-8-14-13(10-18(25)27-16(14)9-12)11-28-22-23-20-19(21(26)24(22)2)15-5-4-6-17(15)29-20/h7-10H,3-6,11H2,1-2H3. The minimum atomic E-state index is -0.353. The largest absolute Gasteiger partial charge is 0.423 e. The third kappa shape index (κ3) is 3.13. The Morgan fingerprint density at radius 3 is 2.93 bits per heavy atom. The molecule has 0 fully saturated rings. The Labute approximate surface area is 175 Å². The molecule has 5 nitrogen and oxygen atoms in total. The lowest BCUT2D eigenvalue weighted by Crippen LogP contribution is -2.20. The number of fused-ring (bicyclic) bond motifs is 4. The Morgan fingerprint density at radius 2 is 2.10 bits per heavy atom. The third-order valence-corrected chi connectivity index (χ3v) is 7.83. The van der Waals surface area contributed by atoms with Gasteiger partial charge in [0.1, 0.15) is 10.4 Å². The first-order valence-corrected chi connectivity index (χ1v) is 11.5. The highest BCUT2D eigenvalue weighted by Crippen LogP contribution is 2.36. The maximum absolute atomic E-state index is 13.0. The highest BCUT2D eigenvalue weighted by Gasteiger charge is 2.22. The molecule has 3 heterocycles. The van der Waals surface area contributed by atoms with E-state index in [2.05, 4.69) is 13.0 Å². The normalized spacial score (nSPS) is 13.4. The first-order chi connectivity index (χ1) is 14.0. The first-order valence-electron chi connectivity index (χ1n) is 9.75. The van der Waals surface area contributed by atoms with Crippen molar-refractivity contribution in [3.05, 3.63) is 66.6 Å². The number of benzene rings is 1. The lowest BCUT2D eigenvalue weighted by Gasteiger charge is -2.09. The Balaban J connectivity index is 1.53. The zero-order chi connectivity index (χ0) is 20.1. The molecule has 7 heteroatoms. The average molecular weight is 425 g/mol. The number of hydrogen-bond donors (Lipinski definition) is 0.